The van der Waals surface area contributed by atoms with Gasteiger partial charge in [0.25, 0.3) is 0 Å². The minimum absolute atomic E-state index is 1.00. The van der Waals surface area contributed by atoms with Crippen LogP contribution >= 0.6 is 0 Å². The molecule has 0 saturated heterocycles. The molecule has 0 amide bonds. The van der Waals surface area contributed by atoms with Gasteiger partial charge in [0.05, 0.1) is 17.6 Å². The molecule has 2 heteroatoms. The third kappa shape index (κ3) is 1.97. The maximum atomic E-state index is 4.48. The average molecular weight is 220 g/mol. The van der Waals surface area contributed by atoms with Gasteiger partial charge in [0, 0.05) is 18.0 Å². The molecule has 2 nitrogen and oxygen atoms in total. The van der Waals surface area contributed by atoms with E-state index < -0.39 is 0 Å². The fourth-order valence-electron chi connectivity index (χ4n) is 1.83. The van der Waals surface area contributed by atoms with E-state index in [0.29, 0.717) is 0 Å². The van der Waals surface area contributed by atoms with Gasteiger partial charge in [-0.1, -0.05) is 30.3 Å². The molecule has 0 saturated carbocycles. The molecule has 2 aromatic heterocycles. The van der Waals surface area contributed by atoms with E-state index in [1.807, 2.05) is 59.6 Å². The molecule has 17 heavy (non-hydrogen) atoms. The fourth-order valence-corrected chi connectivity index (χ4v) is 1.83. The second kappa shape index (κ2) is 4.26. The van der Waals surface area contributed by atoms with E-state index in [9.17, 15) is 0 Å². The number of rotatable bonds is 2. The van der Waals surface area contributed by atoms with Crippen molar-refractivity contribution in [2.24, 2.45) is 0 Å². The molecule has 0 fully saturated rings. The van der Waals surface area contributed by atoms with Gasteiger partial charge in [-0.2, -0.15) is 0 Å². The van der Waals surface area contributed by atoms with Crippen LogP contribution in [-0.4, -0.2) is 9.55 Å². The van der Waals surface area contributed by atoms with E-state index in [1.54, 1.807) is 0 Å². The number of hydrogen-bond donors (Lipinski definition) is 0. The second-order valence-corrected chi connectivity index (χ2v) is 3.86. The van der Waals surface area contributed by atoms with E-state index in [0.717, 1.165) is 16.9 Å². The van der Waals surface area contributed by atoms with E-state index in [1.165, 1.54) is 0 Å². The van der Waals surface area contributed by atoms with E-state index in [2.05, 4.69) is 23.2 Å². The van der Waals surface area contributed by atoms with Gasteiger partial charge in [0.2, 0.25) is 0 Å². The Morgan fingerprint density at radius 1 is 0.765 bits per heavy atom. The van der Waals surface area contributed by atoms with Crippen molar-refractivity contribution in [3.05, 3.63) is 73.2 Å². The summed E-state index contributed by atoms with van der Waals surface area (Å²) < 4.78 is 2.04. The Bertz CT molecular complexity index is 581. The first-order valence-electron chi connectivity index (χ1n) is 5.58. The summed E-state index contributed by atoms with van der Waals surface area (Å²) in [6, 6.07) is 18.3. The molecule has 0 aliphatic rings. The molecule has 2 heterocycles. The van der Waals surface area contributed by atoms with Crippen molar-refractivity contribution < 1.29 is 0 Å². The van der Waals surface area contributed by atoms with Crippen molar-refractivity contribution >= 4 is 0 Å². The summed E-state index contributed by atoms with van der Waals surface area (Å²) in [5.74, 6) is 0. The number of benzene rings is 1. The Balaban J connectivity index is 1.96. The Hall–Kier alpha value is -2.35. The highest BCUT2D eigenvalue weighted by Crippen LogP contribution is 2.17. The maximum Gasteiger partial charge on any atom is 0.0703 e. The Morgan fingerprint density at radius 3 is 2.18 bits per heavy atom. The van der Waals surface area contributed by atoms with Gasteiger partial charge in [0.1, 0.15) is 0 Å². The van der Waals surface area contributed by atoms with Gasteiger partial charge in [-0.25, -0.2) is 0 Å². The van der Waals surface area contributed by atoms with Gasteiger partial charge in [0.15, 0.2) is 0 Å². The topological polar surface area (TPSA) is 17.8 Å². The van der Waals surface area contributed by atoms with E-state index in [4.69, 9.17) is 0 Å². The third-order valence-electron chi connectivity index (χ3n) is 2.72. The van der Waals surface area contributed by atoms with Crippen LogP contribution in [0.15, 0.2) is 73.2 Å². The van der Waals surface area contributed by atoms with Crippen LogP contribution in [0.25, 0.3) is 16.9 Å². The van der Waals surface area contributed by atoms with Crippen LogP contribution in [0.3, 0.4) is 0 Å². The van der Waals surface area contributed by atoms with Crippen LogP contribution in [0.4, 0.5) is 0 Å². The van der Waals surface area contributed by atoms with Crippen LogP contribution in [0.2, 0.25) is 0 Å². The van der Waals surface area contributed by atoms with Gasteiger partial charge in [-0.05, 0) is 24.3 Å². The third-order valence-corrected chi connectivity index (χ3v) is 2.72. The Morgan fingerprint density at radius 2 is 1.53 bits per heavy atom. The highest BCUT2D eigenvalue weighted by atomic mass is 15.0. The molecule has 0 spiro atoms. The highest BCUT2D eigenvalue weighted by Gasteiger charge is 1.99. The van der Waals surface area contributed by atoms with Crippen LogP contribution < -0.4 is 0 Å². The average Bonchev–Trinajstić information content (AvgIpc) is 2.94. The molecule has 0 unspecified atom stereocenters. The molecule has 3 rings (SSSR count). The molecular weight excluding hydrogens is 208 g/mol. The molecule has 1 aromatic carbocycles. The van der Waals surface area contributed by atoms with Gasteiger partial charge < -0.3 is 4.57 Å². The SMILES string of the molecule is c1ccc(-c2ccc(-n3cccc3)cn2)cc1. The van der Waals surface area contributed by atoms with Crippen molar-refractivity contribution in [1.29, 1.82) is 0 Å². The molecule has 0 aliphatic carbocycles. The summed E-state index contributed by atoms with van der Waals surface area (Å²) >= 11 is 0. The Kier molecular flexibility index (Phi) is 2.47. The molecule has 0 radical (unpaired) electrons. The smallest absolute Gasteiger partial charge is 0.0703 e. The predicted molar refractivity (Wildman–Crippen MR) is 69.0 cm³/mol. The first kappa shape index (κ1) is 9.85. The zero-order valence-electron chi connectivity index (χ0n) is 9.32. The summed E-state index contributed by atoms with van der Waals surface area (Å²) in [6.45, 7) is 0. The summed E-state index contributed by atoms with van der Waals surface area (Å²) in [7, 11) is 0. The van der Waals surface area contributed by atoms with E-state index in [-0.39, 0.29) is 0 Å². The molecule has 82 valence electrons. The first-order chi connectivity index (χ1) is 8.43. The normalized spacial score (nSPS) is 10.4. The lowest BCUT2D eigenvalue weighted by Gasteiger charge is -2.04. The molecule has 0 bridgehead atoms. The first-order valence-corrected chi connectivity index (χ1v) is 5.58. The number of aromatic nitrogens is 2. The van der Waals surface area contributed by atoms with Crippen molar-refractivity contribution in [3.8, 4) is 16.9 Å². The number of nitrogens with zero attached hydrogens (tertiary/aromatic N) is 2. The lowest BCUT2D eigenvalue weighted by Crippen LogP contribution is -1.91. The molecular formula is C15H12N2. The number of pyridine rings is 1. The number of hydrogen-bond acceptors (Lipinski definition) is 1. The van der Waals surface area contributed by atoms with Crippen LogP contribution in [0, 0.1) is 0 Å². The van der Waals surface area contributed by atoms with Crippen molar-refractivity contribution in [2.75, 3.05) is 0 Å². The summed E-state index contributed by atoms with van der Waals surface area (Å²) in [6.07, 6.45) is 5.92. The van der Waals surface area contributed by atoms with Crippen LogP contribution in [0.1, 0.15) is 0 Å². The molecule has 0 aliphatic heterocycles. The van der Waals surface area contributed by atoms with Crippen molar-refractivity contribution in [3.63, 3.8) is 0 Å². The second-order valence-electron chi connectivity index (χ2n) is 3.86. The maximum absolute atomic E-state index is 4.48. The Labute approximate surface area is 100 Å². The quantitative estimate of drug-likeness (QED) is 0.646. The molecule has 0 atom stereocenters. The minimum Gasteiger partial charge on any atom is -0.322 e. The predicted octanol–water partition coefficient (Wildman–Crippen LogP) is 3.54. The van der Waals surface area contributed by atoms with E-state index >= 15 is 0 Å². The summed E-state index contributed by atoms with van der Waals surface area (Å²) in [4.78, 5) is 4.48. The van der Waals surface area contributed by atoms with Crippen LogP contribution in [-0.2, 0) is 0 Å². The lowest BCUT2D eigenvalue weighted by molar-refractivity contribution is 1.06. The van der Waals surface area contributed by atoms with Gasteiger partial charge in [-0.3, -0.25) is 4.98 Å². The van der Waals surface area contributed by atoms with Crippen molar-refractivity contribution in [1.82, 2.24) is 9.55 Å². The van der Waals surface area contributed by atoms with Gasteiger partial charge >= 0.3 is 0 Å². The molecule has 0 N–H and O–H groups in total. The fraction of sp³-hybridized carbons (Fsp3) is 0. The van der Waals surface area contributed by atoms with Crippen molar-refractivity contribution in [2.45, 2.75) is 0 Å². The standard InChI is InChI=1S/C15H12N2/c1-2-6-13(7-3-1)15-9-8-14(12-16-15)17-10-4-5-11-17/h1-12H. The lowest BCUT2D eigenvalue weighted by atomic mass is 10.1. The largest absolute Gasteiger partial charge is 0.322 e. The zero-order valence-corrected chi connectivity index (χ0v) is 9.32. The highest BCUT2D eigenvalue weighted by molar-refractivity contribution is 5.59. The zero-order chi connectivity index (χ0) is 11.5. The van der Waals surface area contributed by atoms with Crippen LogP contribution in [0.5, 0.6) is 0 Å². The monoisotopic (exact) mass is 220 g/mol. The summed E-state index contributed by atoms with van der Waals surface area (Å²) in [5.41, 5.74) is 3.22. The summed E-state index contributed by atoms with van der Waals surface area (Å²) in [5, 5.41) is 0. The van der Waals surface area contributed by atoms with Gasteiger partial charge in [-0.15, -0.1) is 0 Å². The minimum atomic E-state index is 1.00. The molecule has 3 aromatic rings.